The first-order valence-electron chi connectivity index (χ1n) is 11.1. The van der Waals surface area contributed by atoms with Gasteiger partial charge >= 0.3 is 10.6 Å². The van der Waals surface area contributed by atoms with Crippen molar-refractivity contribution < 1.29 is 13.9 Å². The summed E-state index contributed by atoms with van der Waals surface area (Å²) in [5.74, 6) is 0.0968. The van der Waals surface area contributed by atoms with Crippen LogP contribution >= 0.6 is 35.2 Å². The third-order valence-electron chi connectivity index (χ3n) is 5.87. The number of rotatable bonds is 4. The molecule has 0 unspecified atom stereocenters. The molecule has 0 N–H and O–H groups in total. The first-order chi connectivity index (χ1) is 18.4. The van der Waals surface area contributed by atoms with Gasteiger partial charge in [0.05, 0.1) is 30.5 Å². The summed E-state index contributed by atoms with van der Waals surface area (Å²) in [4.78, 5) is 28.0. The van der Waals surface area contributed by atoms with Crippen molar-refractivity contribution in [2.24, 2.45) is 33.2 Å². The Morgan fingerprint density at radius 1 is 1.00 bits per heavy atom. The van der Waals surface area contributed by atoms with Crippen molar-refractivity contribution in [2.45, 2.75) is 6.92 Å². The van der Waals surface area contributed by atoms with E-state index in [1.54, 1.807) is 45.0 Å². The maximum atomic E-state index is 13.9. The molecule has 206 valence electrons. The van der Waals surface area contributed by atoms with Crippen molar-refractivity contribution >= 4 is 40.8 Å². The van der Waals surface area contributed by atoms with Crippen molar-refractivity contribution in [3.05, 3.63) is 76.0 Å². The van der Waals surface area contributed by atoms with Crippen LogP contribution in [0.3, 0.4) is 0 Å². The predicted octanol–water partition coefficient (Wildman–Crippen LogP) is 3.25. The maximum absolute atomic E-state index is 13.9. The Labute approximate surface area is 236 Å². The van der Waals surface area contributed by atoms with Crippen LogP contribution in [0.25, 0.3) is 5.69 Å². The lowest BCUT2D eigenvalue weighted by Crippen LogP contribution is -2.23. The van der Waals surface area contributed by atoms with Crippen LogP contribution in [0.1, 0.15) is 11.1 Å². The van der Waals surface area contributed by atoms with Gasteiger partial charge in [0.1, 0.15) is 23.3 Å². The fraction of sp³-hybridized carbons (Fsp3) is 0.292. The van der Waals surface area contributed by atoms with Gasteiger partial charge in [0, 0.05) is 40.3 Å². The average molecular weight is 594 g/mol. The van der Waals surface area contributed by atoms with E-state index < -0.39 is 5.82 Å². The predicted molar refractivity (Wildman–Crippen MR) is 149 cm³/mol. The molecule has 15 heteroatoms. The smallest absolute Gasteiger partial charge is 0.349 e. The molecule has 0 bridgehead atoms. The lowest BCUT2D eigenvalue weighted by atomic mass is 10.2. The summed E-state index contributed by atoms with van der Waals surface area (Å²) in [5.41, 5.74) is 1.42. The van der Waals surface area contributed by atoms with Gasteiger partial charge in [-0.1, -0.05) is 11.6 Å². The van der Waals surface area contributed by atoms with Crippen molar-refractivity contribution in [3.63, 3.8) is 0 Å². The van der Waals surface area contributed by atoms with E-state index in [9.17, 15) is 14.0 Å². The second-order valence-electron chi connectivity index (χ2n) is 8.15. The molecule has 39 heavy (non-hydrogen) atoms. The first-order valence-corrected chi connectivity index (χ1v) is 12.7. The normalized spacial score (nSPS) is 11.1. The molecule has 0 aliphatic carbocycles. The zero-order chi connectivity index (χ0) is 29.2. The van der Waals surface area contributed by atoms with Crippen LogP contribution < -0.4 is 24.8 Å². The minimum absolute atomic E-state index is 0.0123. The number of nitrogens with zero attached hydrogens (tertiary/aromatic N) is 7. The quantitative estimate of drug-likeness (QED) is 0.336. The molecule has 0 radical (unpaired) electrons. The molecule has 0 saturated carbocycles. The summed E-state index contributed by atoms with van der Waals surface area (Å²) < 4.78 is 31.9. The van der Waals surface area contributed by atoms with Crippen LogP contribution in [0.4, 0.5) is 10.1 Å². The van der Waals surface area contributed by atoms with Crippen LogP contribution in [0.2, 0.25) is 5.02 Å². The van der Waals surface area contributed by atoms with Crippen LogP contribution in [-0.4, -0.2) is 37.5 Å². The van der Waals surface area contributed by atoms with Crippen LogP contribution in [0.5, 0.6) is 11.5 Å². The second-order valence-corrected chi connectivity index (χ2v) is 9.84. The highest BCUT2D eigenvalue weighted by Crippen LogP contribution is 2.29. The number of benzene rings is 2. The van der Waals surface area contributed by atoms with E-state index in [1.165, 1.54) is 38.9 Å². The second kappa shape index (κ2) is 11.9. The highest BCUT2D eigenvalue weighted by atomic mass is 35.5. The molecule has 0 spiro atoms. The molecule has 2 aromatic heterocycles. The Balaban J connectivity index is 0.000000216. The van der Waals surface area contributed by atoms with Gasteiger partial charge in [-0.15, -0.1) is 0 Å². The number of nitriles is 1. The molecule has 11 nitrogen and oxygen atoms in total. The molecular formula is C24H25ClFN7O4S2. The van der Waals surface area contributed by atoms with Gasteiger partial charge in [-0.05, 0) is 48.2 Å². The van der Waals surface area contributed by atoms with E-state index in [2.05, 4.69) is 4.99 Å². The number of hydrogen-bond acceptors (Lipinski definition) is 8. The van der Waals surface area contributed by atoms with Gasteiger partial charge in [0.25, 0.3) is 0 Å². The largest absolute Gasteiger partial charge is 0.495 e. The number of halogens is 2. The van der Waals surface area contributed by atoms with Gasteiger partial charge in [0.15, 0.2) is 5.82 Å². The van der Waals surface area contributed by atoms with E-state index >= 15 is 0 Å². The Bertz CT molecular complexity index is 1820. The minimum Gasteiger partial charge on any atom is -0.495 e. The Kier molecular flexibility index (Phi) is 9.00. The number of aromatic nitrogens is 5. The standard InChI is InChI=1S/C12H14ClN3O2S.C12H11FN4O2S/c1-7-5-8(13)10(18-4)6-9(7)16-11(17)14(2)15(3)12(16)19;1-16-11(20-12(18)17(16)2)15-9-5-10(19-3)7(6-14)4-8(9)13/h5-6H,1-4H3;4-5H,1-3H3. The fourth-order valence-electron chi connectivity index (χ4n) is 3.42. The molecule has 4 rings (SSSR count). The Morgan fingerprint density at radius 3 is 2.13 bits per heavy atom. The highest BCUT2D eigenvalue weighted by Gasteiger charge is 2.15. The first kappa shape index (κ1) is 29.6. The Morgan fingerprint density at radius 2 is 1.64 bits per heavy atom. The van der Waals surface area contributed by atoms with Gasteiger partial charge < -0.3 is 9.47 Å². The third kappa shape index (κ3) is 5.75. The zero-order valence-corrected chi connectivity index (χ0v) is 24.5. The Hall–Kier alpha value is -3.93. The minimum atomic E-state index is -0.647. The maximum Gasteiger partial charge on any atom is 0.349 e. The lowest BCUT2D eigenvalue weighted by molar-refractivity contribution is 0.412. The molecule has 0 atom stereocenters. The van der Waals surface area contributed by atoms with Crippen molar-refractivity contribution in [2.75, 3.05) is 14.2 Å². The summed E-state index contributed by atoms with van der Waals surface area (Å²) in [5, 5.41) is 9.37. The monoisotopic (exact) mass is 593 g/mol. The van der Waals surface area contributed by atoms with Crippen LogP contribution in [0.15, 0.2) is 38.8 Å². The van der Waals surface area contributed by atoms with E-state index in [0.29, 0.717) is 26.0 Å². The van der Waals surface area contributed by atoms with Gasteiger partial charge in [0.2, 0.25) is 9.57 Å². The molecule has 0 fully saturated rings. The SMILES string of the molecule is COc1cc(-n2c(=O)n(C)n(C)c2=S)c(C)cc1Cl.COc1cc(N=c2sc(=O)n(C)n2C)c(F)cc1C#N. The summed E-state index contributed by atoms with van der Waals surface area (Å²) in [6, 6.07) is 7.70. The molecule has 4 aromatic rings. The topological polar surface area (TPSA) is 113 Å². The van der Waals surface area contributed by atoms with Crippen LogP contribution in [0, 0.1) is 28.8 Å². The number of aryl methyl sites for hydroxylation is 1. The molecule has 2 heterocycles. The van der Waals surface area contributed by atoms with Crippen molar-refractivity contribution in [1.29, 1.82) is 5.26 Å². The van der Waals surface area contributed by atoms with Crippen LogP contribution in [-0.2, 0) is 28.2 Å². The summed E-state index contributed by atoms with van der Waals surface area (Å²) in [7, 11) is 9.56. The number of hydrogen-bond donors (Lipinski definition) is 0. The zero-order valence-electron chi connectivity index (χ0n) is 22.1. The summed E-state index contributed by atoms with van der Waals surface area (Å²) in [6.45, 7) is 1.87. The summed E-state index contributed by atoms with van der Waals surface area (Å²) >= 11 is 12.2. The van der Waals surface area contributed by atoms with E-state index in [0.717, 1.165) is 23.0 Å². The molecular weight excluding hydrogens is 569 g/mol. The summed E-state index contributed by atoms with van der Waals surface area (Å²) in [6.07, 6.45) is 0. The van der Waals surface area contributed by atoms with Gasteiger partial charge in [-0.25, -0.2) is 28.1 Å². The van der Waals surface area contributed by atoms with Crippen molar-refractivity contribution in [1.82, 2.24) is 23.3 Å². The number of ether oxygens (including phenoxy) is 2. The third-order valence-corrected chi connectivity index (χ3v) is 7.59. The van der Waals surface area contributed by atoms with E-state index in [-0.39, 0.29) is 27.6 Å². The van der Waals surface area contributed by atoms with Gasteiger partial charge in [-0.2, -0.15) is 5.26 Å². The van der Waals surface area contributed by atoms with E-state index in [1.807, 2.05) is 13.0 Å². The molecule has 0 amide bonds. The molecule has 0 aliphatic heterocycles. The molecule has 0 saturated heterocycles. The molecule has 0 aliphatic rings. The van der Waals surface area contributed by atoms with Crippen molar-refractivity contribution in [3.8, 4) is 23.3 Å². The highest BCUT2D eigenvalue weighted by molar-refractivity contribution is 7.71. The molecule has 2 aromatic carbocycles. The lowest BCUT2D eigenvalue weighted by Gasteiger charge is -2.10. The fourth-order valence-corrected chi connectivity index (χ4v) is 4.82. The average Bonchev–Trinajstić information content (AvgIpc) is 3.26. The number of methoxy groups -OCH3 is 2. The van der Waals surface area contributed by atoms with Gasteiger partial charge in [-0.3, -0.25) is 14.2 Å². The van der Waals surface area contributed by atoms with E-state index in [4.69, 9.17) is 38.6 Å².